The summed E-state index contributed by atoms with van der Waals surface area (Å²) in [6.07, 6.45) is 14.6. The number of imidazole rings is 1. The Morgan fingerprint density at radius 2 is 1.93 bits per heavy atom. The van der Waals surface area contributed by atoms with Crippen LogP contribution in [-0.2, 0) is 17.5 Å². The number of nitrogens with zero attached hydrogens (tertiary/aromatic N) is 4. The van der Waals surface area contributed by atoms with Gasteiger partial charge in [0.1, 0.15) is 12.4 Å². The molecule has 0 radical (unpaired) electrons. The number of ether oxygens (including phenoxy) is 1. The molecule has 0 fully saturated rings. The largest absolute Gasteiger partial charge is 0.490 e. The normalized spacial score (nSPS) is 12.8. The molecule has 0 atom stereocenters. The van der Waals surface area contributed by atoms with Crippen LogP contribution >= 0.6 is 0 Å². The lowest BCUT2D eigenvalue weighted by Crippen LogP contribution is -2.16. The van der Waals surface area contributed by atoms with E-state index < -0.39 is 11.7 Å². The summed E-state index contributed by atoms with van der Waals surface area (Å²) in [6.45, 7) is 1.50. The summed E-state index contributed by atoms with van der Waals surface area (Å²) < 4.78 is 44.7. The van der Waals surface area contributed by atoms with Gasteiger partial charge in [0.05, 0.1) is 16.9 Å². The lowest BCUT2D eigenvalue weighted by Gasteiger charge is -2.13. The second kappa shape index (κ2) is 15.3. The van der Waals surface area contributed by atoms with Crippen molar-refractivity contribution in [2.24, 2.45) is 0 Å². The van der Waals surface area contributed by atoms with Gasteiger partial charge >= 0.3 is 6.18 Å². The van der Waals surface area contributed by atoms with Crippen molar-refractivity contribution in [3.05, 3.63) is 108 Å². The van der Waals surface area contributed by atoms with Crippen LogP contribution in [0.3, 0.4) is 0 Å². The third-order valence-electron chi connectivity index (χ3n) is 6.38. The molecule has 4 aromatic rings. The SMILES string of the molecule is CNC1=CC(c2cn3ccnc3c(NCc3ccncc3)n2)=CCC=C1.CNCCOc1ccc(C(F)(F)F)cc1NC=O. The van der Waals surface area contributed by atoms with Crippen LogP contribution in [0.4, 0.5) is 24.7 Å². The Hall–Kier alpha value is -5.17. The zero-order chi connectivity index (χ0) is 31.4. The molecule has 0 saturated heterocycles. The highest BCUT2D eigenvalue weighted by Gasteiger charge is 2.31. The number of fused-ring (bicyclic) bond motifs is 1. The fourth-order valence-corrected chi connectivity index (χ4v) is 4.15. The zero-order valence-corrected chi connectivity index (χ0v) is 24.2. The number of carbonyl (C=O) groups excluding carboxylic acids is 1. The van der Waals surface area contributed by atoms with Gasteiger partial charge in [-0.3, -0.25) is 9.78 Å². The molecule has 1 aliphatic rings. The Labute approximate surface area is 252 Å². The standard InChI is InChI=1S/C20H20N6.C11H13F3N2O2/c1-21-17-5-3-2-4-16(12-17)18-14-26-11-10-23-20(26)19(25-18)24-13-15-6-8-22-9-7-15;1-15-4-5-18-10-3-2-8(11(12,13)14)6-9(10)16-7-17/h3-12,14,21H,2,13H2,1H3,(H,24,25);2-3,6-7,15H,4-5H2,1H3,(H,16,17). The Bertz CT molecular complexity index is 1630. The predicted molar refractivity (Wildman–Crippen MR) is 164 cm³/mol. The molecule has 0 spiro atoms. The van der Waals surface area contributed by atoms with E-state index in [1.54, 1.807) is 25.6 Å². The minimum Gasteiger partial charge on any atom is -0.490 e. The molecule has 0 unspecified atom stereocenters. The van der Waals surface area contributed by atoms with E-state index >= 15 is 0 Å². The maximum Gasteiger partial charge on any atom is 0.416 e. The first-order valence-corrected chi connectivity index (χ1v) is 13.7. The van der Waals surface area contributed by atoms with E-state index in [9.17, 15) is 18.0 Å². The Balaban J connectivity index is 0.000000217. The van der Waals surface area contributed by atoms with Gasteiger partial charge in [0, 0.05) is 62.4 Å². The highest BCUT2D eigenvalue weighted by molar-refractivity contribution is 5.77. The van der Waals surface area contributed by atoms with Crippen molar-refractivity contribution in [1.82, 2.24) is 30.0 Å². The minimum atomic E-state index is -4.46. The van der Waals surface area contributed by atoms with Crippen LogP contribution < -0.4 is 26.0 Å². The first kappa shape index (κ1) is 31.8. The molecule has 0 saturated carbocycles. The van der Waals surface area contributed by atoms with E-state index in [4.69, 9.17) is 9.72 Å². The van der Waals surface area contributed by atoms with Crippen molar-refractivity contribution < 1.29 is 22.7 Å². The van der Waals surface area contributed by atoms with E-state index in [-0.39, 0.29) is 18.0 Å². The number of nitrogens with one attached hydrogen (secondary N) is 4. The van der Waals surface area contributed by atoms with Crippen LogP contribution in [0.1, 0.15) is 23.2 Å². The lowest BCUT2D eigenvalue weighted by atomic mass is 10.1. The van der Waals surface area contributed by atoms with Crippen LogP contribution in [0.2, 0.25) is 0 Å². The van der Waals surface area contributed by atoms with Crippen LogP contribution in [-0.4, -0.2) is 53.0 Å². The van der Waals surface area contributed by atoms with Gasteiger partial charge in [-0.2, -0.15) is 13.2 Å². The zero-order valence-electron chi connectivity index (χ0n) is 24.2. The number of aromatic nitrogens is 4. The van der Waals surface area contributed by atoms with E-state index in [1.165, 1.54) is 6.07 Å². The molecule has 0 aliphatic heterocycles. The molecule has 5 rings (SSSR count). The van der Waals surface area contributed by atoms with Crippen LogP contribution in [0.5, 0.6) is 5.75 Å². The Morgan fingerprint density at radius 1 is 1.11 bits per heavy atom. The molecule has 3 heterocycles. The van der Waals surface area contributed by atoms with Gasteiger partial charge in [0.25, 0.3) is 0 Å². The smallest absolute Gasteiger partial charge is 0.416 e. The number of hydrogen-bond acceptors (Lipinski definition) is 8. The van der Waals surface area contributed by atoms with Gasteiger partial charge in [0.15, 0.2) is 11.5 Å². The van der Waals surface area contributed by atoms with Gasteiger partial charge < -0.3 is 30.4 Å². The van der Waals surface area contributed by atoms with Crippen molar-refractivity contribution in [2.75, 3.05) is 37.9 Å². The molecule has 44 heavy (non-hydrogen) atoms. The van der Waals surface area contributed by atoms with Crippen molar-refractivity contribution in [3.8, 4) is 5.75 Å². The average molecular weight is 607 g/mol. The first-order chi connectivity index (χ1) is 21.3. The third-order valence-corrected chi connectivity index (χ3v) is 6.38. The number of alkyl halides is 3. The number of amides is 1. The topological polar surface area (TPSA) is 118 Å². The average Bonchev–Trinajstić information content (AvgIpc) is 3.37. The molecule has 230 valence electrons. The summed E-state index contributed by atoms with van der Waals surface area (Å²) in [5.41, 5.74) is 4.17. The van der Waals surface area contributed by atoms with E-state index in [1.807, 2.05) is 36.0 Å². The van der Waals surface area contributed by atoms with E-state index in [2.05, 4.69) is 55.5 Å². The van der Waals surface area contributed by atoms with Crippen molar-refractivity contribution >= 4 is 29.1 Å². The summed E-state index contributed by atoms with van der Waals surface area (Å²) >= 11 is 0. The quantitative estimate of drug-likeness (QED) is 0.138. The summed E-state index contributed by atoms with van der Waals surface area (Å²) in [5.74, 6) is 0.965. The highest BCUT2D eigenvalue weighted by atomic mass is 19.4. The fraction of sp³-hybridized carbons (Fsp3) is 0.226. The number of pyridine rings is 1. The number of rotatable bonds is 11. The molecule has 13 heteroatoms. The molecule has 4 N–H and O–H groups in total. The van der Waals surface area contributed by atoms with E-state index in [0.717, 1.165) is 52.5 Å². The van der Waals surface area contributed by atoms with Crippen LogP contribution in [0, 0.1) is 0 Å². The minimum absolute atomic E-state index is 0.00377. The molecule has 1 aliphatic carbocycles. The van der Waals surface area contributed by atoms with Crippen molar-refractivity contribution in [3.63, 3.8) is 0 Å². The van der Waals surface area contributed by atoms with Crippen LogP contribution in [0.15, 0.2) is 91.3 Å². The fourth-order valence-electron chi connectivity index (χ4n) is 4.15. The van der Waals surface area contributed by atoms with Crippen LogP contribution in [0.25, 0.3) is 11.2 Å². The number of likely N-dealkylation sites (N-methyl/N-ethyl adjacent to an activating group) is 2. The van der Waals surface area contributed by atoms with Gasteiger partial charge in [-0.05, 0) is 61.5 Å². The molecule has 0 bridgehead atoms. The number of halogens is 3. The molecule has 3 aromatic heterocycles. The van der Waals surface area contributed by atoms with Gasteiger partial charge in [-0.15, -0.1) is 0 Å². The summed E-state index contributed by atoms with van der Waals surface area (Å²) in [5, 5.41) is 11.6. The molecule has 1 amide bonds. The monoisotopic (exact) mass is 606 g/mol. The maximum atomic E-state index is 12.5. The third kappa shape index (κ3) is 8.67. The number of anilines is 2. The Kier molecular flexibility index (Phi) is 11.1. The molecular formula is C31H33F3N8O2. The van der Waals surface area contributed by atoms with Gasteiger partial charge in [-0.1, -0.05) is 12.2 Å². The second-order valence-electron chi connectivity index (χ2n) is 9.41. The van der Waals surface area contributed by atoms with Crippen molar-refractivity contribution in [1.29, 1.82) is 0 Å². The predicted octanol–water partition coefficient (Wildman–Crippen LogP) is 5.05. The second-order valence-corrected chi connectivity index (χ2v) is 9.41. The summed E-state index contributed by atoms with van der Waals surface area (Å²) in [6, 6.07) is 6.90. The molecule has 10 nitrogen and oxygen atoms in total. The summed E-state index contributed by atoms with van der Waals surface area (Å²) in [4.78, 5) is 23.7. The van der Waals surface area contributed by atoms with E-state index in [0.29, 0.717) is 19.5 Å². The lowest BCUT2D eigenvalue weighted by molar-refractivity contribution is -0.137. The highest BCUT2D eigenvalue weighted by Crippen LogP contribution is 2.34. The van der Waals surface area contributed by atoms with Gasteiger partial charge in [-0.25, -0.2) is 9.97 Å². The number of allylic oxidation sites excluding steroid dienone is 5. The van der Waals surface area contributed by atoms with Crippen molar-refractivity contribution in [2.45, 2.75) is 19.1 Å². The molecule has 1 aromatic carbocycles. The molecular weight excluding hydrogens is 573 g/mol. The van der Waals surface area contributed by atoms with Gasteiger partial charge in [0.2, 0.25) is 6.41 Å². The first-order valence-electron chi connectivity index (χ1n) is 13.7. The number of benzene rings is 1. The summed E-state index contributed by atoms with van der Waals surface area (Å²) in [7, 11) is 3.65. The number of carbonyl (C=O) groups is 1. The number of hydrogen-bond donors (Lipinski definition) is 4. The maximum absolute atomic E-state index is 12.5. The Morgan fingerprint density at radius 3 is 2.66 bits per heavy atom.